The zero-order valence-corrected chi connectivity index (χ0v) is 13.5. The Bertz CT molecular complexity index is 606. The zero-order chi connectivity index (χ0) is 16.6. The second kappa shape index (κ2) is 6.18. The third kappa shape index (κ3) is 3.16. The Kier molecular flexibility index (Phi) is 4.24. The number of nitrogens with one attached hydrogen (secondary N) is 1. The van der Waals surface area contributed by atoms with Crippen LogP contribution < -0.4 is 5.32 Å². The van der Waals surface area contributed by atoms with Gasteiger partial charge in [0, 0.05) is 38.8 Å². The van der Waals surface area contributed by atoms with Crippen LogP contribution in [0.25, 0.3) is 0 Å². The van der Waals surface area contributed by atoms with Crippen LogP contribution in [0.15, 0.2) is 24.3 Å². The smallest absolute Gasteiger partial charge is 0.319 e. The number of benzene rings is 1. The molecule has 23 heavy (non-hydrogen) atoms. The van der Waals surface area contributed by atoms with Crippen molar-refractivity contribution in [1.29, 1.82) is 0 Å². The van der Waals surface area contributed by atoms with E-state index in [4.69, 9.17) is 0 Å². The van der Waals surface area contributed by atoms with E-state index >= 15 is 0 Å². The molecule has 2 aliphatic rings. The molecule has 1 saturated heterocycles. The normalized spacial score (nSPS) is 26.0. The number of fused-ring (bicyclic) bond motifs is 2. The van der Waals surface area contributed by atoms with Gasteiger partial charge in [-0.05, 0) is 42.9 Å². The van der Waals surface area contributed by atoms with Crippen molar-refractivity contribution in [2.75, 3.05) is 32.5 Å². The minimum atomic E-state index is -0.364. The Morgan fingerprint density at radius 2 is 1.87 bits per heavy atom. The van der Waals surface area contributed by atoms with Crippen LogP contribution >= 0.6 is 0 Å². The molecule has 1 saturated carbocycles. The zero-order valence-electron chi connectivity index (χ0n) is 13.5. The number of likely N-dealkylation sites (tertiary alicyclic amines) is 1. The second-order valence-corrected chi connectivity index (χ2v) is 6.70. The highest BCUT2D eigenvalue weighted by atomic mass is 19.1. The molecular formula is C17H22FN3O2. The SMILES string of the molecule is CN(C)C(=O)N1CC2CCC(C1)C2C(=O)Nc1cccc(F)c1. The molecule has 0 aromatic heterocycles. The minimum Gasteiger partial charge on any atom is -0.331 e. The summed E-state index contributed by atoms with van der Waals surface area (Å²) in [5, 5.41) is 2.83. The maximum atomic E-state index is 13.2. The molecule has 6 heteroatoms. The minimum absolute atomic E-state index is 0.00545. The van der Waals surface area contributed by atoms with Crippen molar-refractivity contribution in [2.24, 2.45) is 17.8 Å². The summed E-state index contributed by atoms with van der Waals surface area (Å²) in [5.41, 5.74) is 0.487. The van der Waals surface area contributed by atoms with Crippen molar-refractivity contribution in [3.63, 3.8) is 0 Å². The van der Waals surface area contributed by atoms with Gasteiger partial charge in [-0.2, -0.15) is 0 Å². The van der Waals surface area contributed by atoms with E-state index in [1.165, 1.54) is 12.1 Å². The van der Waals surface area contributed by atoms with Crippen LogP contribution in [-0.4, -0.2) is 48.9 Å². The van der Waals surface area contributed by atoms with Crippen LogP contribution in [0.1, 0.15) is 12.8 Å². The van der Waals surface area contributed by atoms with E-state index in [0.29, 0.717) is 18.8 Å². The Balaban J connectivity index is 1.68. The average molecular weight is 319 g/mol. The third-order valence-corrected chi connectivity index (χ3v) is 4.88. The van der Waals surface area contributed by atoms with E-state index in [0.717, 1.165) is 12.8 Å². The van der Waals surface area contributed by atoms with Crippen LogP contribution in [-0.2, 0) is 4.79 Å². The summed E-state index contributed by atoms with van der Waals surface area (Å²) < 4.78 is 13.2. The number of urea groups is 1. The van der Waals surface area contributed by atoms with Gasteiger partial charge in [-0.25, -0.2) is 9.18 Å². The standard InChI is InChI=1S/C17H22FN3O2/c1-20(2)17(23)21-9-11-6-7-12(10-21)15(11)16(22)19-14-5-3-4-13(18)8-14/h3-5,8,11-12,15H,6-7,9-10H2,1-2H3,(H,19,22). The molecule has 124 valence electrons. The highest BCUT2D eigenvalue weighted by molar-refractivity contribution is 5.93. The molecular weight excluding hydrogens is 297 g/mol. The van der Waals surface area contributed by atoms with Gasteiger partial charge in [0.25, 0.3) is 0 Å². The largest absolute Gasteiger partial charge is 0.331 e. The van der Waals surface area contributed by atoms with E-state index in [1.54, 1.807) is 31.1 Å². The van der Waals surface area contributed by atoms with Crippen LogP contribution in [0.3, 0.4) is 0 Å². The topological polar surface area (TPSA) is 52.7 Å². The number of hydrogen-bond donors (Lipinski definition) is 1. The third-order valence-electron chi connectivity index (χ3n) is 4.88. The molecule has 3 rings (SSSR count). The van der Waals surface area contributed by atoms with Crippen molar-refractivity contribution in [3.8, 4) is 0 Å². The van der Waals surface area contributed by atoms with Crippen molar-refractivity contribution < 1.29 is 14.0 Å². The predicted octanol–water partition coefficient (Wildman–Crippen LogP) is 2.40. The molecule has 2 atom stereocenters. The molecule has 2 bridgehead atoms. The summed E-state index contributed by atoms with van der Waals surface area (Å²) in [5.74, 6) is -0.140. The first-order chi connectivity index (χ1) is 11.0. The van der Waals surface area contributed by atoms with Crippen molar-refractivity contribution in [1.82, 2.24) is 9.80 Å². The van der Waals surface area contributed by atoms with E-state index in [1.807, 2.05) is 4.90 Å². The van der Waals surface area contributed by atoms with Gasteiger partial charge in [0.05, 0.1) is 0 Å². The maximum Gasteiger partial charge on any atom is 0.319 e. The van der Waals surface area contributed by atoms with Crippen LogP contribution in [0.2, 0.25) is 0 Å². The Morgan fingerprint density at radius 3 is 2.43 bits per heavy atom. The van der Waals surface area contributed by atoms with Crippen LogP contribution in [0.5, 0.6) is 0 Å². The molecule has 1 aromatic rings. The molecule has 1 aliphatic heterocycles. The predicted molar refractivity (Wildman–Crippen MR) is 85.4 cm³/mol. The molecule has 3 amide bonds. The molecule has 2 fully saturated rings. The van der Waals surface area contributed by atoms with Gasteiger partial charge < -0.3 is 15.1 Å². The molecule has 1 N–H and O–H groups in total. The lowest BCUT2D eigenvalue weighted by Crippen LogP contribution is -2.51. The Labute approximate surface area is 135 Å². The summed E-state index contributed by atoms with van der Waals surface area (Å²) >= 11 is 0. The highest BCUT2D eigenvalue weighted by Crippen LogP contribution is 2.42. The number of nitrogens with zero attached hydrogens (tertiary/aromatic N) is 2. The summed E-state index contributed by atoms with van der Waals surface area (Å²) in [6.07, 6.45) is 1.92. The van der Waals surface area contributed by atoms with Crippen LogP contribution in [0, 0.1) is 23.6 Å². The summed E-state index contributed by atoms with van der Waals surface area (Å²) in [6.45, 7) is 1.24. The fourth-order valence-corrected chi connectivity index (χ4v) is 3.88. The number of piperidine rings is 1. The number of hydrogen-bond acceptors (Lipinski definition) is 2. The summed E-state index contributed by atoms with van der Waals surface area (Å²) in [4.78, 5) is 28.2. The molecule has 2 unspecified atom stereocenters. The number of carbonyl (C=O) groups is 2. The van der Waals surface area contributed by atoms with E-state index < -0.39 is 0 Å². The van der Waals surface area contributed by atoms with Gasteiger partial charge in [0.1, 0.15) is 5.82 Å². The highest BCUT2D eigenvalue weighted by Gasteiger charge is 2.47. The van der Waals surface area contributed by atoms with E-state index in [2.05, 4.69) is 5.32 Å². The summed E-state index contributed by atoms with van der Waals surface area (Å²) in [7, 11) is 3.49. The van der Waals surface area contributed by atoms with Crippen molar-refractivity contribution >= 4 is 17.6 Å². The van der Waals surface area contributed by atoms with Gasteiger partial charge in [-0.1, -0.05) is 6.07 Å². The molecule has 1 heterocycles. The number of rotatable bonds is 2. The first kappa shape index (κ1) is 15.8. The van der Waals surface area contributed by atoms with Crippen molar-refractivity contribution in [3.05, 3.63) is 30.1 Å². The quantitative estimate of drug-likeness (QED) is 0.910. The second-order valence-electron chi connectivity index (χ2n) is 6.70. The number of carbonyl (C=O) groups excluding carboxylic acids is 2. The van der Waals surface area contributed by atoms with E-state index in [-0.39, 0.29) is 35.5 Å². The van der Waals surface area contributed by atoms with E-state index in [9.17, 15) is 14.0 Å². The number of halogens is 1. The number of amides is 3. The molecule has 0 radical (unpaired) electrons. The average Bonchev–Trinajstić information content (AvgIpc) is 2.77. The molecule has 0 spiro atoms. The van der Waals surface area contributed by atoms with Gasteiger partial charge >= 0.3 is 6.03 Å². The first-order valence-electron chi connectivity index (χ1n) is 7.98. The summed E-state index contributed by atoms with van der Waals surface area (Å²) in [6, 6.07) is 5.95. The molecule has 1 aliphatic carbocycles. The Hall–Kier alpha value is -2.11. The monoisotopic (exact) mass is 319 g/mol. The maximum absolute atomic E-state index is 13.2. The molecule has 1 aromatic carbocycles. The fourth-order valence-electron chi connectivity index (χ4n) is 3.88. The van der Waals surface area contributed by atoms with Crippen molar-refractivity contribution in [2.45, 2.75) is 12.8 Å². The Morgan fingerprint density at radius 1 is 1.22 bits per heavy atom. The van der Waals surface area contributed by atoms with Crippen LogP contribution in [0.4, 0.5) is 14.9 Å². The lowest BCUT2D eigenvalue weighted by atomic mass is 9.84. The van der Waals surface area contributed by atoms with Gasteiger partial charge in [-0.3, -0.25) is 4.79 Å². The first-order valence-corrected chi connectivity index (χ1v) is 7.98. The van der Waals surface area contributed by atoms with Gasteiger partial charge in [0.15, 0.2) is 0 Å². The van der Waals surface area contributed by atoms with Gasteiger partial charge in [0.2, 0.25) is 5.91 Å². The molecule has 5 nitrogen and oxygen atoms in total. The van der Waals surface area contributed by atoms with Gasteiger partial charge in [-0.15, -0.1) is 0 Å². The lowest BCUT2D eigenvalue weighted by molar-refractivity contribution is -0.123. The fraction of sp³-hybridized carbons (Fsp3) is 0.529. The lowest BCUT2D eigenvalue weighted by Gasteiger charge is -2.38. The number of anilines is 1.